The summed E-state index contributed by atoms with van der Waals surface area (Å²) in [6, 6.07) is 11.3. The van der Waals surface area contributed by atoms with E-state index in [4.69, 9.17) is 4.52 Å². The maximum absolute atomic E-state index is 12.2. The van der Waals surface area contributed by atoms with Gasteiger partial charge in [0.2, 0.25) is 11.7 Å². The molecule has 2 aromatic heterocycles. The first kappa shape index (κ1) is 16.6. The van der Waals surface area contributed by atoms with E-state index < -0.39 is 5.91 Å². The van der Waals surface area contributed by atoms with Crippen LogP contribution in [0.25, 0.3) is 11.4 Å². The number of hydrogen-bond acceptors (Lipinski definition) is 5. The predicted molar refractivity (Wildman–Crippen MR) is 92.3 cm³/mol. The maximum Gasteiger partial charge on any atom is 0.261 e. The Morgan fingerprint density at radius 1 is 1.24 bits per heavy atom. The van der Waals surface area contributed by atoms with E-state index in [0.717, 1.165) is 11.3 Å². The molecule has 25 heavy (non-hydrogen) atoms. The molecule has 128 valence electrons. The van der Waals surface area contributed by atoms with Crippen LogP contribution in [0.15, 0.2) is 45.7 Å². The maximum atomic E-state index is 12.2. The van der Waals surface area contributed by atoms with Crippen molar-refractivity contribution in [3.05, 3.63) is 69.5 Å². The van der Waals surface area contributed by atoms with Gasteiger partial charge in [-0.2, -0.15) is 4.98 Å². The summed E-state index contributed by atoms with van der Waals surface area (Å²) in [4.78, 5) is 31.1. The lowest BCUT2D eigenvalue weighted by atomic mass is 10.1. The number of rotatable bonds is 5. The lowest BCUT2D eigenvalue weighted by molar-refractivity contribution is 0.0951. The Bertz CT molecular complexity index is 944. The number of aryl methyl sites for hydroxylation is 2. The van der Waals surface area contributed by atoms with Gasteiger partial charge in [-0.05, 0) is 25.5 Å². The molecule has 0 saturated heterocycles. The molecule has 0 radical (unpaired) electrons. The highest BCUT2D eigenvalue weighted by molar-refractivity contribution is 5.95. The summed E-state index contributed by atoms with van der Waals surface area (Å²) in [5, 5.41) is 6.64. The summed E-state index contributed by atoms with van der Waals surface area (Å²) in [6.07, 6.45) is 0.383. The van der Waals surface area contributed by atoms with E-state index >= 15 is 0 Å². The van der Waals surface area contributed by atoms with E-state index in [9.17, 15) is 9.59 Å². The van der Waals surface area contributed by atoms with Gasteiger partial charge in [0.1, 0.15) is 5.56 Å². The van der Waals surface area contributed by atoms with E-state index in [1.807, 2.05) is 30.3 Å². The molecule has 0 spiro atoms. The number of carbonyl (C=O) groups is 1. The zero-order valence-electron chi connectivity index (χ0n) is 14.0. The van der Waals surface area contributed by atoms with Crippen LogP contribution in [0.2, 0.25) is 0 Å². The first-order chi connectivity index (χ1) is 12.0. The lowest BCUT2D eigenvalue weighted by Gasteiger charge is -2.06. The minimum atomic E-state index is -0.415. The highest BCUT2D eigenvalue weighted by Crippen LogP contribution is 2.14. The Balaban J connectivity index is 1.61. The molecule has 3 rings (SSSR count). The number of aromatic amines is 1. The molecule has 0 atom stereocenters. The third kappa shape index (κ3) is 3.82. The van der Waals surface area contributed by atoms with Gasteiger partial charge in [-0.1, -0.05) is 35.5 Å². The third-order valence-electron chi connectivity index (χ3n) is 3.72. The second-order valence-corrected chi connectivity index (χ2v) is 5.72. The van der Waals surface area contributed by atoms with Crippen LogP contribution >= 0.6 is 0 Å². The molecule has 0 saturated carbocycles. The first-order valence-electron chi connectivity index (χ1n) is 7.91. The van der Waals surface area contributed by atoms with E-state index in [1.54, 1.807) is 19.9 Å². The molecule has 0 unspecified atom stereocenters. The minimum absolute atomic E-state index is 0.126. The zero-order valence-corrected chi connectivity index (χ0v) is 14.0. The van der Waals surface area contributed by atoms with Crippen LogP contribution in [0, 0.1) is 13.8 Å². The van der Waals surface area contributed by atoms with Crippen LogP contribution in [0.4, 0.5) is 0 Å². The van der Waals surface area contributed by atoms with E-state index in [-0.39, 0.29) is 11.1 Å². The highest BCUT2D eigenvalue weighted by atomic mass is 16.5. The van der Waals surface area contributed by atoms with E-state index in [1.165, 1.54) is 0 Å². The van der Waals surface area contributed by atoms with Crippen molar-refractivity contribution in [3.63, 3.8) is 0 Å². The molecular formula is C18H18N4O3. The topological polar surface area (TPSA) is 101 Å². The molecule has 1 aromatic carbocycles. The van der Waals surface area contributed by atoms with Crippen molar-refractivity contribution in [1.82, 2.24) is 20.4 Å². The molecule has 7 heteroatoms. The monoisotopic (exact) mass is 338 g/mol. The second-order valence-electron chi connectivity index (χ2n) is 5.72. The number of pyridine rings is 1. The zero-order chi connectivity index (χ0) is 17.8. The normalized spacial score (nSPS) is 10.6. The van der Waals surface area contributed by atoms with Crippen molar-refractivity contribution in [2.24, 2.45) is 0 Å². The molecule has 0 aliphatic heterocycles. The summed E-state index contributed by atoms with van der Waals surface area (Å²) in [7, 11) is 0. The smallest absolute Gasteiger partial charge is 0.261 e. The second kappa shape index (κ2) is 7.12. The first-order valence-corrected chi connectivity index (χ1v) is 7.91. The molecule has 2 heterocycles. The van der Waals surface area contributed by atoms with E-state index in [2.05, 4.69) is 20.4 Å². The van der Waals surface area contributed by atoms with Gasteiger partial charge in [0.05, 0.1) is 0 Å². The Kier molecular flexibility index (Phi) is 4.74. The quantitative estimate of drug-likeness (QED) is 0.741. The molecular weight excluding hydrogens is 320 g/mol. The fourth-order valence-electron chi connectivity index (χ4n) is 2.57. The Hall–Kier alpha value is -3.22. The van der Waals surface area contributed by atoms with Crippen LogP contribution in [-0.4, -0.2) is 27.6 Å². The predicted octanol–water partition coefficient (Wildman–Crippen LogP) is 2.01. The summed E-state index contributed by atoms with van der Waals surface area (Å²) in [6.45, 7) is 3.80. The molecule has 0 fully saturated rings. The number of benzene rings is 1. The number of carbonyl (C=O) groups excluding carboxylic acids is 1. The SMILES string of the molecule is Cc1cc(C)c(C(=O)NCCc2nc(-c3ccccc3)no2)c(=O)[nH]1. The minimum Gasteiger partial charge on any atom is -0.351 e. The summed E-state index contributed by atoms with van der Waals surface area (Å²) in [5.74, 6) is 0.517. The van der Waals surface area contributed by atoms with Crippen molar-refractivity contribution < 1.29 is 9.32 Å². The van der Waals surface area contributed by atoms with Crippen molar-refractivity contribution in [2.45, 2.75) is 20.3 Å². The molecule has 0 aliphatic carbocycles. The fourth-order valence-corrected chi connectivity index (χ4v) is 2.57. The third-order valence-corrected chi connectivity index (χ3v) is 3.72. The van der Waals surface area contributed by atoms with Gasteiger partial charge in [-0.25, -0.2) is 0 Å². The average molecular weight is 338 g/mol. The van der Waals surface area contributed by atoms with Gasteiger partial charge in [-0.3, -0.25) is 9.59 Å². The fraction of sp³-hybridized carbons (Fsp3) is 0.222. The molecule has 3 aromatic rings. The van der Waals surface area contributed by atoms with Gasteiger partial charge >= 0.3 is 0 Å². The van der Waals surface area contributed by atoms with Gasteiger partial charge in [0, 0.05) is 24.2 Å². The largest absolute Gasteiger partial charge is 0.351 e. The van der Waals surface area contributed by atoms with Gasteiger partial charge < -0.3 is 14.8 Å². The molecule has 7 nitrogen and oxygen atoms in total. The van der Waals surface area contributed by atoms with Crippen LogP contribution in [0.1, 0.15) is 27.5 Å². The average Bonchev–Trinajstić information content (AvgIpc) is 3.03. The molecule has 0 bridgehead atoms. The van der Waals surface area contributed by atoms with Crippen molar-refractivity contribution in [1.29, 1.82) is 0 Å². The molecule has 1 amide bonds. The van der Waals surface area contributed by atoms with Crippen LogP contribution < -0.4 is 10.9 Å². The number of hydrogen-bond donors (Lipinski definition) is 2. The highest BCUT2D eigenvalue weighted by Gasteiger charge is 2.14. The van der Waals surface area contributed by atoms with Crippen LogP contribution in [0.3, 0.4) is 0 Å². The Morgan fingerprint density at radius 2 is 2.00 bits per heavy atom. The summed E-state index contributed by atoms with van der Waals surface area (Å²) >= 11 is 0. The Morgan fingerprint density at radius 3 is 2.72 bits per heavy atom. The summed E-state index contributed by atoms with van der Waals surface area (Å²) in [5.41, 5.74) is 1.96. The molecule has 2 N–H and O–H groups in total. The van der Waals surface area contributed by atoms with E-state index in [0.29, 0.717) is 30.2 Å². The standard InChI is InChI=1S/C18H18N4O3/c1-11-10-12(2)20-18(24)15(11)17(23)19-9-8-14-21-16(22-25-14)13-6-4-3-5-7-13/h3-7,10H,8-9H2,1-2H3,(H,19,23)(H,20,24). The number of H-pyrrole nitrogens is 1. The number of nitrogens with zero attached hydrogens (tertiary/aromatic N) is 2. The van der Waals surface area contributed by atoms with Crippen LogP contribution in [-0.2, 0) is 6.42 Å². The van der Waals surface area contributed by atoms with Gasteiger partial charge in [-0.15, -0.1) is 0 Å². The van der Waals surface area contributed by atoms with Crippen molar-refractivity contribution >= 4 is 5.91 Å². The summed E-state index contributed by atoms with van der Waals surface area (Å²) < 4.78 is 5.19. The number of aromatic nitrogens is 3. The molecule has 0 aliphatic rings. The lowest BCUT2D eigenvalue weighted by Crippen LogP contribution is -2.32. The van der Waals surface area contributed by atoms with Crippen molar-refractivity contribution in [3.8, 4) is 11.4 Å². The van der Waals surface area contributed by atoms with Gasteiger partial charge in [0.25, 0.3) is 11.5 Å². The van der Waals surface area contributed by atoms with Crippen molar-refractivity contribution in [2.75, 3.05) is 6.54 Å². The number of nitrogens with one attached hydrogen (secondary N) is 2. The van der Waals surface area contributed by atoms with Crippen LogP contribution in [0.5, 0.6) is 0 Å². The number of amides is 1. The Labute approximate surface area is 144 Å². The van der Waals surface area contributed by atoms with Gasteiger partial charge in [0.15, 0.2) is 0 Å².